The van der Waals surface area contributed by atoms with Gasteiger partial charge in [0, 0.05) is 18.8 Å². The molecule has 4 heteroatoms. The van der Waals surface area contributed by atoms with Crippen LogP contribution in [0.1, 0.15) is 11.1 Å². The first-order valence-corrected chi connectivity index (χ1v) is 6.88. The number of nitrogen functional groups attached to an aromatic ring is 1. The maximum Gasteiger partial charge on any atom is 0.0717 e. The van der Waals surface area contributed by atoms with Gasteiger partial charge in [0.15, 0.2) is 0 Å². The zero-order valence-electron chi connectivity index (χ0n) is 12.4. The number of nitrogens with two attached hydrogens (primary N) is 1. The van der Waals surface area contributed by atoms with Crippen molar-refractivity contribution in [2.24, 2.45) is 0 Å². The molecule has 0 aliphatic heterocycles. The fourth-order valence-electron chi connectivity index (χ4n) is 2.07. The van der Waals surface area contributed by atoms with Gasteiger partial charge >= 0.3 is 0 Å². The van der Waals surface area contributed by atoms with Crippen molar-refractivity contribution in [3.05, 3.63) is 65.7 Å². The van der Waals surface area contributed by atoms with Crippen molar-refractivity contribution < 1.29 is 4.74 Å². The van der Waals surface area contributed by atoms with Gasteiger partial charge in [0.2, 0.25) is 0 Å². The summed E-state index contributed by atoms with van der Waals surface area (Å²) >= 11 is 0. The average Bonchev–Trinajstić information content (AvgIpc) is 2.45. The molecule has 0 unspecified atom stereocenters. The highest BCUT2D eigenvalue weighted by Gasteiger charge is 2.01. The Morgan fingerprint density at radius 2 is 1.71 bits per heavy atom. The predicted molar refractivity (Wildman–Crippen MR) is 90.5 cm³/mol. The average molecular weight is 307 g/mol. The number of hydrogen-bond acceptors (Lipinski definition) is 3. The molecule has 0 amide bonds. The van der Waals surface area contributed by atoms with Crippen molar-refractivity contribution in [3.63, 3.8) is 0 Å². The minimum Gasteiger partial charge on any atom is -0.399 e. The van der Waals surface area contributed by atoms with E-state index in [4.69, 9.17) is 10.5 Å². The van der Waals surface area contributed by atoms with E-state index in [0.717, 1.165) is 25.4 Å². The molecule has 0 bridgehead atoms. The third-order valence-corrected chi connectivity index (χ3v) is 3.13. The summed E-state index contributed by atoms with van der Waals surface area (Å²) in [6.45, 7) is 3.20. The molecule has 21 heavy (non-hydrogen) atoms. The van der Waals surface area contributed by atoms with Crippen LogP contribution in [-0.4, -0.2) is 25.1 Å². The Balaban J connectivity index is 0.00000220. The van der Waals surface area contributed by atoms with E-state index in [1.165, 1.54) is 11.1 Å². The molecule has 0 heterocycles. The van der Waals surface area contributed by atoms with Gasteiger partial charge < -0.3 is 10.5 Å². The molecule has 0 aromatic heterocycles. The Kier molecular flexibility index (Phi) is 7.83. The molecule has 0 saturated heterocycles. The number of ether oxygens (including phenoxy) is 1. The van der Waals surface area contributed by atoms with Crippen LogP contribution >= 0.6 is 12.4 Å². The Morgan fingerprint density at radius 1 is 1.00 bits per heavy atom. The molecule has 2 aromatic rings. The van der Waals surface area contributed by atoms with Gasteiger partial charge in [-0.3, -0.25) is 4.90 Å². The van der Waals surface area contributed by atoms with E-state index in [9.17, 15) is 0 Å². The Morgan fingerprint density at radius 3 is 2.43 bits per heavy atom. The van der Waals surface area contributed by atoms with Crippen molar-refractivity contribution in [2.45, 2.75) is 13.2 Å². The molecule has 0 aliphatic rings. The highest BCUT2D eigenvalue weighted by atomic mass is 35.5. The van der Waals surface area contributed by atoms with Crippen molar-refractivity contribution >= 4 is 18.1 Å². The fraction of sp³-hybridized carbons (Fsp3) is 0.294. The second kappa shape index (κ2) is 9.40. The van der Waals surface area contributed by atoms with Crippen molar-refractivity contribution in [1.82, 2.24) is 4.90 Å². The minimum absolute atomic E-state index is 0. The summed E-state index contributed by atoms with van der Waals surface area (Å²) in [5.41, 5.74) is 9.04. The van der Waals surface area contributed by atoms with E-state index in [-0.39, 0.29) is 12.4 Å². The highest BCUT2D eigenvalue weighted by Crippen LogP contribution is 2.08. The Bertz CT molecular complexity index is 519. The van der Waals surface area contributed by atoms with E-state index in [2.05, 4.69) is 30.1 Å². The number of hydrogen-bond donors (Lipinski definition) is 1. The van der Waals surface area contributed by atoms with Crippen LogP contribution in [0, 0.1) is 0 Å². The SMILES string of the molecule is CN(CCOCc1ccccc1)Cc1cccc(N)c1.Cl. The van der Waals surface area contributed by atoms with E-state index in [1.807, 2.05) is 36.4 Å². The first kappa shape index (κ1) is 17.5. The molecule has 3 nitrogen and oxygen atoms in total. The summed E-state index contributed by atoms with van der Waals surface area (Å²) in [7, 11) is 2.09. The number of likely N-dealkylation sites (N-methyl/N-ethyl adjacent to an activating group) is 1. The minimum atomic E-state index is 0. The fourth-order valence-corrected chi connectivity index (χ4v) is 2.07. The molecule has 2 aromatic carbocycles. The van der Waals surface area contributed by atoms with Crippen molar-refractivity contribution in [2.75, 3.05) is 25.9 Å². The topological polar surface area (TPSA) is 38.5 Å². The molecule has 0 saturated carbocycles. The quantitative estimate of drug-likeness (QED) is 0.630. The molecule has 2 N–H and O–H groups in total. The molecular formula is C17H23ClN2O. The molecule has 0 fully saturated rings. The highest BCUT2D eigenvalue weighted by molar-refractivity contribution is 5.85. The number of rotatable bonds is 7. The lowest BCUT2D eigenvalue weighted by molar-refractivity contribution is 0.0980. The van der Waals surface area contributed by atoms with Gasteiger partial charge in [-0.15, -0.1) is 12.4 Å². The monoisotopic (exact) mass is 306 g/mol. The van der Waals surface area contributed by atoms with Crippen LogP contribution in [0.2, 0.25) is 0 Å². The second-order valence-corrected chi connectivity index (χ2v) is 5.02. The summed E-state index contributed by atoms with van der Waals surface area (Å²) in [4.78, 5) is 2.24. The number of nitrogens with zero attached hydrogens (tertiary/aromatic N) is 1. The lowest BCUT2D eigenvalue weighted by atomic mass is 10.2. The third-order valence-electron chi connectivity index (χ3n) is 3.13. The van der Waals surface area contributed by atoms with E-state index < -0.39 is 0 Å². The van der Waals surface area contributed by atoms with Gasteiger partial charge in [-0.1, -0.05) is 42.5 Å². The summed E-state index contributed by atoms with van der Waals surface area (Å²) in [6.07, 6.45) is 0. The zero-order valence-corrected chi connectivity index (χ0v) is 13.2. The van der Waals surface area contributed by atoms with Gasteiger partial charge in [0.25, 0.3) is 0 Å². The van der Waals surface area contributed by atoms with Gasteiger partial charge in [-0.25, -0.2) is 0 Å². The lowest BCUT2D eigenvalue weighted by Gasteiger charge is -2.17. The molecule has 0 aliphatic carbocycles. The van der Waals surface area contributed by atoms with Crippen LogP contribution in [0.5, 0.6) is 0 Å². The van der Waals surface area contributed by atoms with E-state index in [1.54, 1.807) is 0 Å². The molecule has 0 atom stereocenters. The predicted octanol–water partition coefficient (Wildman–Crippen LogP) is 3.34. The molecule has 0 radical (unpaired) electrons. The molecule has 0 spiro atoms. The normalized spacial score (nSPS) is 10.4. The summed E-state index contributed by atoms with van der Waals surface area (Å²) in [6, 6.07) is 18.3. The van der Waals surface area contributed by atoms with Crippen LogP contribution in [0.15, 0.2) is 54.6 Å². The first-order chi connectivity index (χ1) is 9.74. The third kappa shape index (κ3) is 6.63. The van der Waals surface area contributed by atoms with Gasteiger partial charge in [0.1, 0.15) is 0 Å². The standard InChI is InChI=1S/C17H22N2O.ClH/c1-19(13-16-8-5-9-17(18)12-16)10-11-20-14-15-6-3-2-4-7-15;/h2-9,12H,10-11,13-14,18H2,1H3;1H. The smallest absolute Gasteiger partial charge is 0.0717 e. The van der Waals surface area contributed by atoms with E-state index >= 15 is 0 Å². The summed E-state index contributed by atoms with van der Waals surface area (Å²) < 4.78 is 5.69. The number of halogens is 1. The molecular weight excluding hydrogens is 284 g/mol. The van der Waals surface area contributed by atoms with Crippen LogP contribution in [-0.2, 0) is 17.9 Å². The maximum absolute atomic E-state index is 5.78. The molecule has 114 valence electrons. The van der Waals surface area contributed by atoms with Crippen LogP contribution in [0.4, 0.5) is 5.69 Å². The first-order valence-electron chi connectivity index (χ1n) is 6.88. The lowest BCUT2D eigenvalue weighted by Crippen LogP contribution is -2.22. The van der Waals surface area contributed by atoms with Crippen LogP contribution < -0.4 is 5.73 Å². The summed E-state index contributed by atoms with van der Waals surface area (Å²) in [5.74, 6) is 0. The maximum atomic E-state index is 5.78. The summed E-state index contributed by atoms with van der Waals surface area (Å²) in [5, 5.41) is 0. The van der Waals surface area contributed by atoms with Crippen LogP contribution in [0.3, 0.4) is 0 Å². The van der Waals surface area contributed by atoms with Gasteiger partial charge in [-0.05, 0) is 30.3 Å². The van der Waals surface area contributed by atoms with Gasteiger partial charge in [-0.2, -0.15) is 0 Å². The van der Waals surface area contributed by atoms with Crippen molar-refractivity contribution in [3.8, 4) is 0 Å². The van der Waals surface area contributed by atoms with Gasteiger partial charge in [0.05, 0.1) is 13.2 Å². The Hall–Kier alpha value is -1.55. The number of benzene rings is 2. The Labute approximate surface area is 133 Å². The van der Waals surface area contributed by atoms with E-state index in [0.29, 0.717) is 6.61 Å². The van der Waals surface area contributed by atoms with Crippen LogP contribution in [0.25, 0.3) is 0 Å². The largest absolute Gasteiger partial charge is 0.399 e. The molecule has 2 rings (SSSR count). The zero-order chi connectivity index (χ0) is 14.2. The van der Waals surface area contributed by atoms with Crippen molar-refractivity contribution in [1.29, 1.82) is 0 Å². The second-order valence-electron chi connectivity index (χ2n) is 5.02. The number of anilines is 1.